The molecule has 0 aliphatic rings. The molecule has 1 unspecified atom stereocenters. The first kappa shape index (κ1) is 10.9. The van der Waals surface area contributed by atoms with E-state index in [1.54, 1.807) is 25.3 Å². The molecule has 2 N–H and O–H groups in total. The summed E-state index contributed by atoms with van der Waals surface area (Å²) in [5.74, 6) is 6.48. The van der Waals surface area contributed by atoms with Gasteiger partial charge in [-0.25, -0.2) is 0 Å². The van der Waals surface area contributed by atoms with E-state index in [2.05, 4.69) is 11.8 Å². The van der Waals surface area contributed by atoms with Gasteiger partial charge in [-0.2, -0.15) is 0 Å². The summed E-state index contributed by atoms with van der Waals surface area (Å²) >= 11 is 5.83. The molecule has 0 radical (unpaired) electrons. The predicted molar refractivity (Wildman–Crippen MR) is 58.5 cm³/mol. The second kappa shape index (κ2) is 4.90. The highest BCUT2D eigenvalue weighted by molar-refractivity contribution is 6.30. The first-order valence-electron chi connectivity index (χ1n) is 4.24. The maximum Gasteiger partial charge on any atom is 0.134 e. The third-order valence-corrected chi connectivity index (χ3v) is 1.83. The lowest BCUT2D eigenvalue weighted by molar-refractivity contribution is 0.413. The van der Waals surface area contributed by atoms with Gasteiger partial charge in [0, 0.05) is 5.02 Å². The molecule has 2 nitrogen and oxygen atoms in total. The third-order valence-electron chi connectivity index (χ3n) is 1.60. The number of methoxy groups -OCH3 is 1. The van der Waals surface area contributed by atoms with Crippen molar-refractivity contribution in [2.75, 3.05) is 7.11 Å². The Hall–Kier alpha value is -1.17. The smallest absolute Gasteiger partial charge is 0.134 e. The Morgan fingerprint density at radius 3 is 2.79 bits per heavy atom. The fraction of sp³-hybridized carbons (Fsp3) is 0.273. The summed E-state index contributed by atoms with van der Waals surface area (Å²) in [5, 5.41) is 0.639. The molecule has 0 aromatic heterocycles. The van der Waals surface area contributed by atoms with Gasteiger partial charge in [0.15, 0.2) is 0 Å². The molecule has 1 atom stereocenters. The van der Waals surface area contributed by atoms with Crippen LogP contribution in [0.4, 0.5) is 0 Å². The number of hydrogen-bond donors (Lipinski definition) is 1. The topological polar surface area (TPSA) is 35.2 Å². The molecule has 1 aromatic rings. The van der Waals surface area contributed by atoms with Crippen LogP contribution in [-0.2, 0) is 0 Å². The molecule has 3 heteroatoms. The molecule has 0 heterocycles. The van der Waals surface area contributed by atoms with Crippen LogP contribution in [0.5, 0.6) is 5.75 Å². The molecule has 74 valence electrons. The summed E-state index contributed by atoms with van der Waals surface area (Å²) in [6.07, 6.45) is 0. The molecule has 1 rings (SSSR count). The van der Waals surface area contributed by atoms with Crippen molar-refractivity contribution in [3.63, 3.8) is 0 Å². The second-order valence-electron chi connectivity index (χ2n) is 2.90. The normalized spacial score (nSPS) is 11.4. The van der Waals surface area contributed by atoms with Gasteiger partial charge in [0.25, 0.3) is 0 Å². The Morgan fingerprint density at radius 2 is 2.21 bits per heavy atom. The van der Waals surface area contributed by atoms with E-state index in [-0.39, 0.29) is 6.04 Å². The lowest BCUT2D eigenvalue weighted by Crippen LogP contribution is -2.10. The lowest BCUT2D eigenvalue weighted by Gasteiger charge is -2.02. The maximum atomic E-state index is 5.83. The van der Waals surface area contributed by atoms with Crippen molar-refractivity contribution in [2.24, 2.45) is 5.73 Å². The highest BCUT2D eigenvalue weighted by Crippen LogP contribution is 2.21. The number of benzene rings is 1. The number of nitrogens with two attached hydrogens (primary N) is 1. The lowest BCUT2D eigenvalue weighted by atomic mass is 10.2. The van der Waals surface area contributed by atoms with Gasteiger partial charge in [-0.3, -0.25) is 0 Å². The minimum atomic E-state index is -0.154. The SMILES string of the molecule is COc1ccc(Cl)cc1C#CC(C)N. The zero-order valence-corrected chi connectivity index (χ0v) is 8.93. The molecular weight excluding hydrogens is 198 g/mol. The van der Waals surface area contributed by atoms with Crippen LogP contribution in [0.2, 0.25) is 5.02 Å². The van der Waals surface area contributed by atoms with Crippen LogP contribution in [0, 0.1) is 11.8 Å². The largest absolute Gasteiger partial charge is 0.495 e. The van der Waals surface area contributed by atoms with Crippen LogP contribution >= 0.6 is 11.6 Å². The Morgan fingerprint density at radius 1 is 1.50 bits per heavy atom. The molecule has 0 fully saturated rings. The maximum absolute atomic E-state index is 5.83. The molecule has 0 saturated carbocycles. The summed E-state index contributed by atoms with van der Waals surface area (Å²) in [5.41, 5.74) is 6.28. The fourth-order valence-corrected chi connectivity index (χ4v) is 1.14. The van der Waals surface area contributed by atoms with Crippen molar-refractivity contribution in [2.45, 2.75) is 13.0 Å². The van der Waals surface area contributed by atoms with E-state index in [0.717, 1.165) is 5.56 Å². The first-order valence-corrected chi connectivity index (χ1v) is 4.62. The zero-order valence-electron chi connectivity index (χ0n) is 8.17. The van der Waals surface area contributed by atoms with Crippen LogP contribution in [0.1, 0.15) is 12.5 Å². The van der Waals surface area contributed by atoms with Crippen molar-refractivity contribution < 1.29 is 4.74 Å². The Balaban J connectivity index is 3.07. The zero-order chi connectivity index (χ0) is 10.6. The molecule has 0 aliphatic heterocycles. The average Bonchev–Trinajstić information content (AvgIpc) is 2.15. The fourth-order valence-electron chi connectivity index (χ4n) is 0.969. The van der Waals surface area contributed by atoms with Gasteiger partial charge in [0.05, 0.1) is 18.7 Å². The first-order chi connectivity index (χ1) is 6.63. The Labute approximate surface area is 89.0 Å². The van der Waals surface area contributed by atoms with Gasteiger partial charge in [0.2, 0.25) is 0 Å². The Kier molecular flexibility index (Phi) is 3.82. The van der Waals surface area contributed by atoms with E-state index in [1.807, 2.05) is 6.92 Å². The van der Waals surface area contributed by atoms with Gasteiger partial charge in [-0.05, 0) is 25.1 Å². The molecule has 1 aromatic carbocycles. The highest BCUT2D eigenvalue weighted by atomic mass is 35.5. The number of halogens is 1. The molecule has 0 bridgehead atoms. The van der Waals surface area contributed by atoms with Crippen molar-refractivity contribution in [3.05, 3.63) is 28.8 Å². The summed E-state index contributed by atoms with van der Waals surface area (Å²) in [6.45, 7) is 1.82. The minimum Gasteiger partial charge on any atom is -0.495 e. The van der Waals surface area contributed by atoms with E-state index in [1.165, 1.54) is 0 Å². The summed E-state index contributed by atoms with van der Waals surface area (Å²) < 4.78 is 5.13. The standard InChI is InChI=1S/C11H12ClNO/c1-8(13)3-4-9-7-10(12)5-6-11(9)14-2/h5-8H,13H2,1-2H3. The van der Waals surface area contributed by atoms with Crippen LogP contribution in [-0.4, -0.2) is 13.2 Å². The molecule has 0 spiro atoms. The number of ether oxygens (including phenoxy) is 1. The van der Waals surface area contributed by atoms with Crippen molar-refractivity contribution >= 4 is 11.6 Å². The summed E-state index contributed by atoms with van der Waals surface area (Å²) in [6, 6.07) is 5.15. The van der Waals surface area contributed by atoms with Crippen molar-refractivity contribution in [1.82, 2.24) is 0 Å². The van der Waals surface area contributed by atoms with Gasteiger partial charge < -0.3 is 10.5 Å². The van der Waals surface area contributed by atoms with Crippen LogP contribution < -0.4 is 10.5 Å². The molecule has 14 heavy (non-hydrogen) atoms. The summed E-state index contributed by atoms with van der Waals surface area (Å²) in [7, 11) is 1.60. The van der Waals surface area contributed by atoms with Gasteiger partial charge in [-0.1, -0.05) is 23.4 Å². The molecule has 0 saturated heterocycles. The molecular formula is C11H12ClNO. The summed E-state index contributed by atoms with van der Waals surface area (Å²) in [4.78, 5) is 0. The van der Waals surface area contributed by atoms with Gasteiger partial charge >= 0.3 is 0 Å². The predicted octanol–water partition coefficient (Wildman–Crippen LogP) is 2.05. The van der Waals surface area contributed by atoms with E-state index in [0.29, 0.717) is 10.8 Å². The number of hydrogen-bond acceptors (Lipinski definition) is 2. The van der Waals surface area contributed by atoms with Crippen LogP contribution in [0.25, 0.3) is 0 Å². The minimum absolute atomic E-state index is 0.154. The van der Waals surface area contributed by atoms with Crippen molar-refractivity contribution in [1.29, 1.82) is 0 Å². The van der Waals surface area contributed by atoms with Crippen molar-refractivity contribution in [3.8, 4) is 17.6 Å². The highest BCUT2D eigenvalue weighted by Gasteiger charge is 2.00. The van der Waals surface area contributed by atoms with E-state index in [4.69, 9.17) is 22.1 Å². The van der Waals surface area contributed by atoms with Crippen LogP contribution in [0.3, 0.4) is 0 Å². The molecule has 0 aliphatic carbocycles. The van der Waals surface area contributed by atoms with Crippen LogP contribution in [0.15, 0.2) is 18.2 Å². The Bertz CT molecular complexity index is 377. The van der Waals surface area contributed by atoms with E-state index in [9.17, 15) is 0 Å². The number of rotatable bonds is 1. The van der Waals surface area contributed by atoms with E-state index >= 15 is 0 Å². The second-order valence-corrected chi connectivity index (χ2v) is 3.34. The van der Waals surface area contributed by atoms with Gasteiger partial charge in [-0.15, -0.1) is 0 Å². The third kappa shape index (κ3) is 2.95. The average molecular weight is 210 g/mol. The van der Waals surface area contributed by atoms with Gasteiger partial charge in [0.1, 0.15) is 5.75 Å². The quantitative estimate of drug-likeness (QED) is 0.719. The monoisotopic (exact) mass is 209 g/mol. The molecule has 0 amide bonds. The van der Waals surface area contributed by atoms with E-state index < -0.39 is 0 Å².